The van der Waals surface area contributed by atoms with Crippen LogP contribution in [0.15, 0.2) is 24.3 Å². The summed E-state index contributed by atoms with van der Waals surface area (Å²) in [4.78, 5) is 11.6. The van der Waals surface area contributed by atoms with E-state index < -0.39 is 0 Å². The van der Waals surface area contributed by atoms with Gasteiger partial charge in [-0.25, -0.2) is 0 Å². The number of rotatable bonds is 2. The Labute approximate surface area is 84.3 Å². The zero-order valence-corrected chi connectivity index (χ0v) is 8.58. The van der Waals surface area contributed by atoms with E-state index in [-0.39, 0.29) is 11.8 Å². The lowest BCUT2D eigenvalue weighted by Gasteiger charge is -2.06. The van der Waals surface area contributed by atoms with Crippen molar-refractivity contribution in [3.63, 3.8) is 0 Å². The highest BCUT2D eigenvalue weighted by Gasteiger charge is 2.39. The molecule has 2 nitrogen and oxygen atoms in total. The van der Waals surface area contributed by atoms with Gasteiger partial charge in [0.05, 0.1) is 0 Å². The summed E-state index contributed by atoms with van der Waals surface area (Å²) in [7, 11) is 0. The molecule has 74 valence electrons. The van der Waals surface area contributed by atoms with Gasteiger partial charge in [-0.15, -0.1) is 0 Å². The van der Waals surface area contributed by atoms with Crippen molar-refractivity contribution in [2.75, 3.05) is 5.32 Å². The number of amides is 1. The van der Waals surface area contributed by atoms with E-state index in [0.717, 1.165) is 17.7 Å². The number of carbonyl (C=O) groups is 1. The highest BCUT2D eigenvalue weighted by molar-refractivity contribution is 5.94. The van der Waals surface area contributed by atoms with Crippen molar-refractivity contribution in [1.82, 2.24) is 0 Å². The summed E-state index contributed by atoms with van der Waals surface area (Å²) in [6.07, 6.45) is 1.04. The Hall–Kier alpha value is -1.31. The Balaban J connectivity index is 2.04. The number of benzene rings is 1. The molecule has 2 rings (SSSR count). The van der Waals surface area contributed by atoms with Gasteiger partial charge in [0, 0.05) is 11.6 Å². The fraction of sp³-hybridized carbons (Fsp3) is 0.417. The fourth-order valence-corrected chi connectivity index (χ4v) is 1.63. The second-order valence-corrected chi connectivity index (χ2v) is 4.12. The molecule has 2 heteroatoms. The predicted molar refractivity (Wildman–Crippen MR) is 57.1 cm³/mol. The summed E-state index contributed by atoms with van der Waals surface area (Å²) in [5, 5.41) is 2.96. The van der Waals surface area contributed by atoms with Gasteiger partial charge in [-0.1, -0.05) is 25.1 Å². The Morgan fingerprint density at radius 3 is 2.64 bits per heavy atom. The molecule has 1 fully saturated rings. The average Bonchev–Trinajstić information content (AvgIpc) is 2.87. The third-order valence-electron chi connectivity index (χ3n) is 2.85. The van der Waals surface area contributed by atoms with Crippen LogP contribution in [0.5, 0.6) is 0 Å². The van der Waals surface area contributed by atoms with E-state index in [9.17, 15) is 4.79 Å². The summed E-state index contributed by atoms with van der Waals surface area (Å²) in [5.74, 6) is 0.987. The van der Waals surface area contributed by atoms with E-state index in [1.54, 1.807) is 0 Å². The van der Waals surface area contributed by atoms with Crippen LogP contribution in [0.1, 0.15) is 18.9 Å². The third kappa shape index (κ3) is 1.79. The summed E-state index contributed by atoms with van der Waals surface area (Å²) in [6, 6.07) is 7.87. The second-order valence-electron chi connectivity index (χ2n) is 4.12. The molecule has 1 aliphatic rings. The average molecular weight is 189 g/mol. The van der Waals surface area contributed by atoms with Crippen LogP contribution in [-0.4, -0.2) is 5.91 Å². The van der Waals surface area contributed by atoms with Crippen LogP contribution in [-0.2, 0) is 4.79 Å². The maximum Gasteiger partial charge on any atom is 0.227 e. The van der Waals surface area contributed by atoms with Gasteiger partial charge in [-0.2, -0.15) is 0 Å². The Bertz CT molecular complexity index is 359. The monoisotopic (exact) mass is 189 g/mol. The van der Waals surface area contributed by atoms with Crippen LogP contribution in [0.25, 0.3) is 0 Å². The van der Waals surface area contributed by atoms with Gasteiger partial charge in [0.2, 0.25) is 5.91 Å². The van der Waals surface area contributed by atoms with Crippen LogP contribution < -0.4 is 5.32 Å². The Morgan fingerprint density at radius 1 is 1.43 bits per heavy atom. The van der Waals surface area contributed by atoms with Crippen molar-refractivity contribution in [1.29, 1.82) is 0 Å². The molecule has 0 heterocycles. The maximum atomic E-state index is 11.6. The SMILES string of the molecule is Cc1ccccc1NC(=O)C1CC1C. The normalized spacial score (nSPS) is 24.4. The first kappa shape index (κ1) is 9.25. The topological polar surface area (TPSA) is 29.1 Å². The molecule has 1 N–H and O–H groups in total. The zero-order valence-electron chi connectivity index (χ0n) is 8.58. The number of para-hydroxylation sites is 1. The molecule has 1 aromatic rings. The molecular weight excluding hydrogens is 174 g/mol. The van der Waals surface area contributed by atoms with Crippen molar-refractivity contribution in [3.8, 4) is 0 Å². The van der Waals surface area contributed by atoms with E-state index in [1.165, 1.54) is 0 Å². The molecule has 1 amide bonds. The van der Waals surface area contributed by atoms with Gasteiger partial charge >= 0.3 is 0 Å². The standard InChI is InChI=1S/C12H15NO/c1-8-5-3-4-6-11(8)13-12(14)10-7-9(10)2/h3-6,9-10H,7H2,1-2H3,(H,13,14). The van der Waals surface area contributed by atoms with Gasteiger partial charge in [-0.05, 0) is 30.9 Å². The van der Waals surface area contributed by atoms with Crippen LogP contribution in [0.2, 0.25) is 0 Å². The predicted octanol–water partition coefficient (Wildman–Crippen LogP) is 2.59. The molecule has 0 saturated heterocycles. The number of aryl methyl sites for hydroxylation is 1. The zero-order chi connectivity index (χ0) is 10.1. The summed E-state index contributed by atoms with van der Waals surface area (Å²) in [6.45, 7) is 4.12. The molecule has 1 aliphatic carbocycles. The third-order valence-corrected chi connectivity index (χ3v) is 2.85. The quantitative estimate of drug-likeness (QED) is 0.761. The van der Waals surface area contributed by atoms with Crippen molar-refractivity contribution in [2.24, 2.45) is 11.8 Å². The molecule has 0 spiro atoms. The molecule has 0 radical (unpaired) electrons. The fourth-order valence-electron chi connectivity index (χ4n) is 1.63. The molecule has 0 bridgehead atoms. The summed E-state index contributed by atoms with van der Waals surface area (Å²) >= 11 is 0. The van der Waals surface area contributed by atoms with Crippen LogP contribution in [0.4, 0.5) is 5.69 Å². The number of hydrogen-bond donors (Lipinski definition) is 1. The van der Waals surface area contributed by atoms with Crippen LogP contribution in [0, 0.1) is 18.8 Å². The van der Waals surface area contributed by atoms with Gasteiger partial charge in [0.25, 0.3) is 0 Å². The molecule has 0 aliphatic heterocycles. The lowest BCUT2D eigenvalue weighted by molar-refractivity contribution is -0.117. The van der Waals surface area contributed by atoms with Gasteiger partial charge < -0.3 is 5.32 Å². The summed E-state index contributed by atoms with van der Waals surface area (Å²) in [5.41, 5.74) is 2.06. The first-order chi connectivity index (χ1) is 6.68. The van der Waals surface area contributed by atoms with Crippen molar-refractivity contribution in [3.05, 3.63) is 29.8 Å². The second kappa shape index (κ2) is 3.45. The van der Waals surface area contributed by atoms with E-state index >= 15 is 0 Å². The minimum Gasteiger partial charge on any atom is -0.326 e. The van der Waals surface area contributed by atoms with Crippen LogP contribution >= 0.6 is 0 Å². The molecule has 2 atom stereocenters. The van der Waals surface area contributed by atoms with E-state index in [0.29, 0.717) is 5.92 Å². The number of anilines is 1. The van der Waals surface area contributed by atoms with Crippen molar-refractivity contribution in [2.45, 2.75) is 20.3 Å². The number of hydrogen-bond acceptors (Lipinski definition) is 1. The number of carbonyl (C=O) groups excluding carboxylic acids is 1. The molecular formula is C12H15NO. The van der Waals surface area contributed by atoms with Crippen molar-refractivity contribution < 1.29 is 4.79 Å². The Morgan fingerprint density at radius 2 is 2.07 bits per heavy atom. The lowest BCUT2D eigenvalue weighted by Crippen LogP contribution is -2.15. The first-order valence-electron chi connectivity index (χ1n) is 5.05. The molecule has 2 unspecified atom stereocenters. The van der Waals surface area contributed by atoms with Gasteiger partial charge in [-0.3, -0.25) is 4.79 Å². The molecule has 1 saturated carbocycles. The van der Waals surface area contributed by atoms with Gasteiger partial charge in [0.1, 0.15) is 0 Å². The molecule has 14 heavy (non-hydrogen) atoms. The number of nitrogens with one attached hydrogen (secondary N) is 1. The van der Waals surface area contributed by atoms with Crippen LogP contribution in [0.3, 0.4) is 0 Å². The minimum atomic E-state index is 0.173. The van der Waals surface area contributed by atoms with Crippen molar-refractivity contribution >= 4 is 11.6 Å². The van der Waals surface area contributed by atoms with E-state index in [4.69, 9.17) is 0 Å². The smallest absolute Gasteiger partial charge is 0.227 e. The molecule has 0 aromatic heterocycles. The van der Waals surface area contributed by atoms with Gasteiger partial charge in [0.15, 0.2) is 0 Å². The Kier molecular flexibility index (Phi) is 2.28. The minimum absolute atomic E-state index is 0.173. The first-order valence-corrected chi connectivity index (χ1v) is 5.05. The summed E-state index contributed by atoms with van der Waals surface area (Å²) < 4.78 is 0. The maximum absolute atomic E-state index is 11.6. The highest BCUT2D eigenvalue weighted by atomic mass is 16.2. The van der Waals surface area contributed by atoms with E-state index in [2.05, 4.69) is 12.2 Å². The largest absolute Gasteiger partial charge is 0.326 e. The highest BCUT2D eigenvalue weighted by Crippen LogP contribution is 2.38. The lowest BCUT2D eigenvalue weighted by atomic mass is 10.2. The molecule has 1 aromatic carbocycles. The van der Waals surface area contributed by atoms with E-state index in [1.807, 2.05) is 31.2 Å².